The highest BCUT2D eigenvalue weighted by atomic mass is 28.4. The van der Waals surface area contributed by atoms with Gasteiger partial charge in [-0.15, -0.1) is 0 Å². The fraction of sp³-hybridized carbons (Fsp3) is 0.562. The summed E-state index contributed by atoms with van der Waals surface area (Å²) in [7, 11) is -2.09. The van der Waals surface area contributed by atoms with Gasteiger partial charge in [0.15, 0.2) is 8.32 Å². The summed E-state index contributed by atoms with van der Waals surface area (Å²) in [6.45, 7) is 12.4. The molecule has 0 saturated heterocycles. The number of hydrogen-bond acceptors (Lipinski definition) is 3. The maximum Gasteiger partial charge on any atom is 0.405 e. The van der Waals surface area contributed by atoms with E-state index < -0.39 is 26.7 Å². The number of nitrogens with one attached hydrogen (secondary N) is 1. The Hall–Kier alpha value is -1.53. The van der Waals surface area contributed by atoms with Crippen LogP contribution in [0.1, 0.15) is 27.7 Å². The smallest absolute Gasteiger partial charge is 0.405 e. The summed E-state index contributed by atoms with van der Waals surface area (Å²) in [5, 5.41) is 11.4. The van der Waals surface area contributed by atoms with Crippen LogP contribution >= 0.6 is 0 Å². The van der Waals surface area contributed by atoms with E-state index in [0.717, 1.165) is 0 Å². The van der Waals surface area contributed by atoms with E-state index >= 15 is 0 Å². The SMILES string of the molecule is CC(NC(=O)O)C(Oc1ccccc1)O[Si](C)(C)C(C)(C)C. The van der Waals surface area contributed by atoms with Crippen molar-refractivity contribution in [1.82, 2.24) is 5.32 Å². The van der Waals surface area contributed by atoms with E-state index in [9.17, 15) is 4.79 Å². The van der Waals surface area contributed by atoms with E-state index in [4.69, 9.17) is 14.3 Å². The van der Waals surface area contributed by atoms with E-state index in [1.165, 1.54) is 0 Å². The molecule has 0 aliphatic heterocycles. The molecule has 0 bridgehead atoms. The fourth-order valence-corrected chi connectivity index (χ4v) is 2.78. The van der Waals surface area contributed by atoms with Crippen molar-refractivity contribution >= 4 is 14.4 Å². The van der Waals surface area contributed by atoms with Crippen LogP contribution < -0.4 is 10.1 Å². The number of benzene rings is 1. The van der Waals surface area contributed by atoms with Gasteiger partial charge in [0.1, 0.15) is 5.75 Å². The number of hydrogen-bond donors (Lipinski definition) is 2. The normalized spacial score (nSPS) is 15.0. The van der Waals surface area contributed by atoms with Crippen molar-refractivity contribution < 1.29 is 19.1 Å². The molecule has 1 amide bonds. The Morgan fingerprint density at radius 1 is 1.23 bits per heavy atom. The number of rotatable bonds is 6. The van der Waals surface area contributed by atoms with Crippen LogP contribution in [0, 0.1) is 0 Å². The second kappa shape index (κ2) is 7.15. The van der Waals surface area contributed by atoms with Crippen molar-refractivity contribution in [3.8, 4) is 5.75 Å². The molecule has 0 spiro atoms. The molecule has 2 unspecified atom stereocenters. The first kappa shape index (κ1) is 18.5. The molecule has 1 aromatic carbocycles. The molecule has 0 aliphatic rings. The van der Waals surface area contributed by atoms with Crippen LogP contribution in [0.2, 0.25) is 18.1 Å². The van der Waals surface area contributed by atoms with Crippen molar-refractivity contribution in [1.29, 1.82) is 0 Å². The largest absolute Gasteiger partial charge is 0.465 e. The summed E-state index contributed by atoms with van der Waals surface area (Å²) >= 11 is 0. The van der Waals surface area contributed by atoms with E-state index in [0.29, 0.717) is 5.75 Å². The van der Waals surface area contributed by atoms with Gasteiger partial charge in [0, 0.05) is 0 Å². The van der Waals surface area contributed by atoms with Gasteiger partial charge < -0.3 is 19.6 Å². The van der Waals surface area contributed by atoms with Crippen LogP contribution in [-0.4, -0.2) is 31.8 Å². The highest BCUT2D eigenvalue weighted by Crippen LogP contribution is 2.37. The van der Waals surface area contributed by atoms with E-state index in [1.54, 1.807) is 6.92 Å². The molecule has 5 nitrogen and oxygen atoms in total. The van der Waals surface area contributed by atoms with Gasteiger partial charge in [-0.25, -0.2) is 4.79 Å². The third-order valence-electron chi connectivity index (χ3n) is 3.97. The zero-order chi connectivity index (χ0) is 17.0. The summed E-state index contributed by atoms with van der Waals surface area (Å²) in [6, 6.07) is 8.81. The molecular weight excluding hydrogens is 298 g/mol. The third-order valence-corrected chi connectivity index (χ3v) is 8.41. The summed E-state index contributed by atoms with van der Waals surface area (Å²) in [5.41, 5.74) is 0. The van der Waals surface area contributed by atoms with E-state index in [2.05, 4.69) is 39.2 Å². The summed E-state index contributed by atoms with van der Waals surface area (Å²) in [5.74, 6) is 0.658. The van der Waals surface area contributed by atoms with Crippen LogP contribution in [0.5, 0.6) is 5.75 Å². The minimum Gasteiger partial charge on any atom is -0.465 e. The number of para-hydroxylation sites is 1. The molecule has 0 radical (unpaired) electrons. The highest BCUT2D eigenvalue weighted by Gasteiger charge is 2.41. The molecule has 22 heavy (non-hydrogen) atoms. The lowest BCUT2D eigenvalue weighted by molar-refractivity contribution is -0.0286. The first-order valence-electron chi connectivity index (χ1n) is 7.42. The Morgan fingerprint density at radius 3 is 2.23 bits per heavy atom. The lowest BCUT2D eigenvalue weighted by Crippen LogP contribution is -2.52. The Balaban J connectivity index is 2.93. The van der Waals surface area contributed by atoms with Gasteiger partial charge >= 0.3 is 6.09 Å². The summed E-state index contributed by atoms with van der Waals surface area (Å²) in [6.07, 6.45) is -1.76. The third kappa shape index (κ3) is 5.34. The lowest BCUT2D eigenvalue weighted by Gasteiger charge is -2.40. The Morgan fingerprint density at radius 2 is 1.77 bits per heavy atom. The molecule has 0 aromatic heterocycles. The van der Waals surface area contributed by atoms with Crippen molar-refractivity contribution in [2.45, 2.75) is 58.2 Å². The molecule has 0 fully saturated rings. The molecule has 2 N–H and O–H groups in total. The molecule has 0 aliphatic carbocycles. The first-order chi connectivity index (χ1) is 10.0. The monoisotopic (exact) mass is 325 g/mol. The number of amides is 1. The van der Waals surface area contributed by atoms with Crippen molar-refractivity contribution in [3.05, 3.63) is 30.3 Å². The number of carboxylic acid groups (broad SMARTS) is 1. The Bertz CT molecular complexity index is 485. The standard InChI is InChI=1S/C16H27NO4Si/c1-12(17-15(18)19)14(20-13-10-8-7-9-11-13)21-22(5,6)16(2,3)4/h7-12,14,17H,1-6H3,(H,18,19). The van der Waals surface area contributed by atoms with Crippen molar-refractivity contribution in [2.75, 3.05) is 0 Å². The second-order valence-corrected chi connectivity index (χ2v) is 11.7. The Labute approximate surface area is 133 Å². The number of carbonyl (C=O) groups is 1. The molecule has 0 heterocycles. The fourth-order valence-electron chi connectivity index (χ4n) is 1.59. The highest BCUT2D eigenvalue weighted by molar-refractivity contribution is 6.74. The summed E-state index contributed by atoms with van der Waals surface area (Å²) < 4.78 is 12.2. The first-order valence-corrected chi connectivity index (χ1v) is 10.3. The van der Waals surface area contributed by atoms with Crippen LogP contribution in [0.3, 0.4) is 0 Å². The Kier molecular flexibility index (Phi) is 6.02. The molecule has 0 saturated carbocycles. The molecular formula is C16H27NO4Si. The average Bonchev–Trinajstić information content (AvgIpc) is 2.36. The predicted molar refractivity (Wildman–Crippen MR) is 89.8 cm³/mol. The maximum atomic E-state index is 10.9. The van der Waals surface area contributed by atoms with Gasteiger partial charge in [0.05, 0.1) is 6.04 Å². The predicted octanol–water partition coefficient (Wildman–Crippen LogP) is 4.07. The quantitative estimate of drug-likeness (QED) is 0.611. The maximum absolute atomic E-state index is 10.9. The van der Waals surface area contributed by atoms with Gasteiger partial charge in [0.25, 0.3) is 0 Å². The molecule has 124 valence electrons. The van der Waals surface area contributed by atoms with Crippen LogP contribution in [0.4, 0.5) is 4.79 Å². The minimum absolute atomic E-state index is 0.00818. The van der Waals surface area contributed by atoms with Crippen molar-refractivity contribution in [2.24, 2.45) is 0 Å². The second-order valence-electron chi connectivity index (χ2n) is 6.92. The summed E-state index contributed by atoms with van der Waals surface area (Å²) in [4.78, 5) is 10.9. The molecule has 1 aromatic rings. The number of ether oxygens (including phenoxy) is 1. The minimum atomic E-state index is -2.09. The van der Waals surface area contributed by atoms with Gasteiger partial charge in [0.2, 0.25) is 6.29 Å². The van der Waals surface area contributed by atoms with Gasteiger partial charge in [-0.05, 0) is 37.2 Å². The van der Waals surface area contributed by atoms with Gasteiger partial charge in [-0.2, -0.15) is 0 Å². The van der Waals surface area contributed by atoms with Crippen LogP contribution in [0.15, 0.2) is 30.3 Å². The van der Waals surface area contributed by atoms with Gasteiger partial charge in [-0.1, -0.05) is 39.0 Å². The zero-order valence-electron chi connectivity index (χ0n) is 14.2. The zero-order valence-corrected chi connectivity index (χ0v) is 15.2. The molecule has 1 rings (SSSR count). The topological polar surface area (TPSA) is 67.8 Å². The molecule has 2 atom stereocenters. The van der Waals surface area contributed by atoms with E-state index in [-0.39, 0.29) is 5.04 Å². The van der Waals surface area contributed by atoms with Gasteiger partial charge in [-0.3, -0.25) is 0 Å². The van der Waals surface area contributed by atoms with Crippen molar-refractivity contribution in [3.63, 3.8) is 0 Å². The van der Waals surface area contributed by atoms with Crippen LogP contribution in [-0.2, 0) is 4.43 Å². The average molecular weight is 325 g/mol. The molecule has 6 heteroatoms. The van der Waals surface area contributed by atoms with E-state index in [1.807, 2.05) is 30.3 Å². The lowest BCUT2D eigenvalue weighted by atomic mass is 10.2. The van der Waals surface area contributed by atoms with Crippen LogP contribution in [0.25, 0.3) is 0 Å².